The molecule has 1 rings (SSSR count). The van der Waals surface area contributed by atoms with E-state index in [1.807, 2.05) is 0 Å². The average molecular weight is 306 g/mol. The van der Waals surface area contributed by atoms with Crippen molar-refractivity contribution in [3.63, 3.8) is 0 Å². The minimum atomic E-state index is -3.52. The maximum Gasteiger partial charge on any atom is 0.194 e. The fraction of sp³-hybridized carbons (Fsp3) is 0.300. The Morgan fingerprint density at radius 3 is 2.12 bits per heavy atom. The van der Waals surface area contributed by atoms with Gasteiger partial charge >= 0.3 is 0 Å². The second kappa shape index (κ2) is 4.18. The minimum absolute atomic E-state index is 0.305. The maximum absolute atomic E-state index is 12.0. The Morgan fingerprint density at radius 1 is 1.31 bits per heavy atom. The number of hydrogen-bond acceptors (Lipinski definition) is 4. The highest BCUT2D eigenvalue weighted by Gasteiger charge is 2.41. The number of hydrogen-bond donors (Lipinski definition) is 1. The van der Waals surface area contributed by atoms with Crippen molar-refractivity contribution < 1.29 is 13.2 Å². The van der Waals surface area contributed by atoms with Gasteiger partial charge in [0.05, 0.1) is 0 Å². The molecule has 0 aliphatic heterocycles. The van der Waals surface area contributed by atoms with Crippen LogP contribution in [0.2, 0.25) is 0 Å². The van der Waals surface area contributed by atoms with Gasteiger partial charge in [-0.05, 0) is 31.2 Å². The van der Waals surface area contributed by atoms with E-state index in [0.29, 0.717) is 11.3 Å². The summed E-state index contributed by atoms with van der Waals surface area (Å²) in [6.45, 7) is 1.32. The molecule has 1 atom stereocenters. The van der Waals surface area contributed by atoms with E-state index in [0.717, 1.165) is 6.26 Å². The molecule has 0 radical (unpaired) electrons. The molecule has 0 aliphatic rings. The fourth-order valence-electron chi connectivity index (χ4n) is 1.06. The largest absolute Gasteiger partial charge is 0.399 e. The molecule has 0 aromatic heterocycles. The molecule has 16 heavy (non-hydrogen) atoms. The zero-order chi connectivity index (χ0) is 12.6. The van der Waals surface area contributed by atoms with Crippen molar-refractivity contribution in [3.05, 3.63) is 29.8 Å². The number of rotatable bonds is 3. The summed E-state index contributed by atoms with van der Waals surface area (Å²) in [6, 6.07) is 6.11. The van der Waals surface area contributed by atoms with Crippen LogP contribution < -0.4 is 5.73 Å². The number of carbonyl (C=O) groups is 1. The van der Waals surface area contributed by atoms with E-state index in [4.69, 9.17) is 5.73 Å². The highest BCUT2D eigenvalue weighted by atomic mass is 79.9. The molecular formula is C10H12BrNO3S. The zero-order valence-corrected chi connectivity index (χ0v) is 11.3. The maximum atomic E-state index is 12.0. The van der Waals surface area contributed by atoms with Gasteiger partial charge in [0.2, 0.25) is 0 Å². The molecule has 0 unspecified atom stereocenters. The monoisotopic (exact) mass is 305 g/mol. The Hall–Kier alpha value is -0.880. The van der Waals surface area contributed by atoms with Crippen LogP contribution in [0.15, 0.2) is 24.3 Å². The number of alkyl halides is 1. The predicted octanol–water partition coefficient (Wildman–Crippen LogP) is 1.61. The van der Waals surface area contributed by atoms with Crippen LogP contribution in [0, 0.1) is 0 Å². The Bertz CT molecular complexity index is 505. The van der Waals surface area contributed by atoms with E-state index in [-0.39, 0.29) is 0 Å². The Kier molecular flexibility index (Phi) is 3.44. The standard InChI is InChI=1S/C10H12BrNO3S/c1-10(11,16(2,14)15)9(13)7-3-5-8(12)6-4-7/h3-6H,12H2,1-2H3/t10-/m1/s1. The van der Waals surface area contributed by atoms with Gasteiger partial charge in [-0.25, -0.2) is 8.42 Å². The average Bonchev–Trinajstić information content (AvgIpc) is 2.16. The topological polar surface area (TPSA) is 77.2 Å². The first-order valence-electron chi connectivity index (χ1n) is 4.45. The Labute approximate surface area is 103 Å². The number of halogens is 1. The molecule has 0 spiro atoms. The van der Waals surface area contributed by atoms with E-state index >= 15 is 0 Å². The number of carbonyl (C=O) groups excluding carboxylic acids is 1. The summed E-state index contributed by atoms with van der Waals surface area (Å²) in [7, 11) is -3.52. The highest BCUT2D eigenvalue weighted by Crippen LogP contribution is 2.28. The van der Waals surface area contributed by atoms with Crippen molar-refractivity contribution in [2.24, 2.45) is 0 Å². The van der Waals surface area contributed by atoms with E-state index in [1.165, 1.54) is 19.1 Å². The summed E-state index contributed by atoms with van der Waals surface area (Å²) in [5, 5.41) is 0. The van der Waals surface area contributed by atoms with Gasteiger partial charge in [0.25, 0.3) is 0 Å². The molecule has 88 valence electrons. The number of nitrogen functional groups attached to an aromatic ring is 1. The van der Waals surface area contributed by atoms with Gasteiger partial charge in [0.15, 0.2) is 19.3 Å². The molecule has 6 heteroatoms. The second-order valence-corrected chi connectivity index (χ2v) is 8.11. The molecule has 0 heterocycles. The van der Waals surface area contributed by atoms with Crippen molar-refractivity contribution >= 4 is 37.2 Å². The van der Waals surface area contributed by atoms with Crippen LogP contribution in [-0.4, -0.2) is 24.1 Å². The summed E-state index contributed by atoms with van der Waals surface area (Å²) in [5.41, 5.74) is 6.31. The zero-order valence-electron chi connectivity index (χ0n) is 8.90. The molecular weight excluding hydrogens is 294 g/mol. The molecule has 0 fully saturated rings. The van der Waals surface area contributed by atoms with Crippen LogP contribution in [0.25, 0.3) is 0 Å². The SMILES string of the molecule is C[C@](Br)(C(=O)c1ccc(N)cc1)S(C)(=O)=O. The van der Waals surface area contributed by atoms with Crippen LogP contribution in [0.1, 0.15) is 17.3 Å². The molecule has 0 bridgehead atoms. The van der Waals surface area contributed by atoms with Crippen molar-refractivity contribution in [2.45, 2.75) is 10.6 Å². The minimum Gasteiger partial charge on any atom is -0.399 e. The van der Waals surface area contributed by atoms with Gasteiger partial charge < -0.3 is 5.73 Å². The quantitative estimate of drug-likeness (QED) is 0.523. The van der Waals surface area contributed by atoms with Gasteiger partial charge in [-0.3, -0.25) is 4.79 Å². The molecule has 0 amide bonds. The summed E-state index contributed by atoms with van der Waals surface area (Å²) in [4.78, 5) is 12.0. The summed E-state index contributed by atoms with van der Waals surface area (Å²) < 4.78 is 21.3. The van der Waals surface area contributed by atoms with Gasteiger partial charge in [-0.15, -0.1) is 0 Å². The smallest absolute Gasteiger partial charge is 0.194 e. The molecule has 1 aromatic rings. The normalized spacial score (nSPS) is 15.4. The van der Waals surface area contributed by atoms with Gasteiger partial charge in [-0.1, -0.05) is 15.9 Å². The van der Waals surface area contributed by atoms with Crippen LogP contribution in [-0.2, 0) is 9.84 Å². The second-order valence-electron chi connectivity index (χ2n) is 3.64. The van der Waals surface area contributed by atoms with Crippen molar-refractivity contribution in [2.75, 3.05) is 12.0 Å². The number of Topliss-reactive ketones (excluding diaryl/α,β-unsaturated/α-hetero) is 1. The third kappa shape index (κ3) is 2.44. The lowest BCUT2D eigenvalue weighted by Crippen LogP contribution is -2.36. The first kappa shape index (κ1) is 13.2. The van der Waals surface area contributed by atoms with Gasteiger partial charge in [-0.2, -0.15) is 0 Å². The molecule has 0 aliphatic carbocycles. The van der Waals surface area contributed by atoms with Crippen molar-refractivity contribution in [3.8, 4) is 0 Å². The van der Waals surface area contributed by atoms with Gasteiger partial charge in [0, 0.05) is 17.5 Å². The van der Waals surface area contributed by atoms with Crippen molar-refractivity contribution in [1.82, 2.24) is 0 Å². The lowest BCUT2D eigenvalue weighted by atomic mass is 10.1. The van der Waals surface area contributed by atoms with Crippen LogP contribution >= 0.6 is 15.9 Å². The first-order valence-corrected chi connectivity index (χ1v) is 7.13. The molecule has 4 nitrogen and oxygen atoms in total. The molecule has 0 saturated carbocycles. The summed E-state index contributed by atoms with van der Waals surface area (Å²) >= 11 is 2.95. The number of nitrogens with two attached hydrogens (primary N) is 1. The van der Waals surface area contributed by atoms with E-state index < -0.39 is 19.3 Å². The molecule has 0 saturated heterocycles. The molecule has 2 N–H and O–H groups in total. The number of ketones is 1. The highest BCUT2D eigenvalue weighted by molar-refractivity contribution is 9.12. The predicted molar refractivity (Wildman–Crippen MR) is 67.4 cm³/mol. The van der Waals surface area contributed by atoms with E-state index in [2.05, 4.69) is 15.9 Å². The number of benzene rings is 1. The summed E-state index contributed by atoms with van der Waals surface area (Å²) in [6.07, 6.45) is 1.01. The lowest BCUT2D eigenvalue weighted by molar-refractivity contribution is 0.0983. The van der Waals surface area contributed by atoms with Crippen LogP contribution in [0.3, 0.4) is 0 Å². The molecule has 1 aromatic carbocycles. The third-order valence-corrected chi connectivity index (χ3v) is 5.98. The third-order valence-electron chi connectivity index (χ3n) is 2.27. The van der Waals surface area contributed by atoms with Crippen LogP contribution in [0.4, 0.5) is 5.69 Å². The fourth-order valence-corrected chi connectivity index (χ4v) is 1.74. The number of sulfone groups is 1. The van der Waals surface area contributed by atoms with Gasteiger partial charge in [0.1, 0.15) is 0 Å². The Balaban J connectivity index is 3.18. The van der Waals surface area contributed by atoms with E-state index in [1.54, 1.807) is 12.1 Å². The Morgan fingerprint density at radius 2 is 1.75 bits per heavy atom. The number of anilines is 1. The van der Waals surface area contributed by atoms with Crippen LogP contribution in [0.5, 0.6) is 0 Å². The lowest BCUT2D eigenvalue weighted by Gasteiger charge is -2.18. The first-order chi connectivity index (χ1) is 7.16. The summed E-state index contributed by atoms with van der Waals surface area (Å²) in [5.74, 6) is -0.505. The van der Waals surface area contributed by atoms with E-state index in [9.17, 15) is 13.2 Å². The van der Waals surface area contributed by atoms with Crippen molar-refractivity contribution in [1.29, 1.82) is 0 Å².